The Balaban J connectivity index is 1.90. The Labute approximate surface area is 283 Å². The van der Waals surface area contributed by atoms with Gasteiger partial charge in [0.1, 0.15) is 17.2 Å². The average Bonchev–Trinajstić information content (AvgIpc) is 3.20. The van der Waals surface area contributed by atoms with Gasteiger partial charge in [-0.15, -0.1) is 0 Å². The van der Waals surface area contributed by atoms with Crippen LogP contribution in [0.4, 0.5) is 13.6 Å². The molecular weight excluding hydrogens is 642 g/mol. The Morgan fingerprint density at radius 2 is 1.60 bits per heavy atom. The van der Waals surface area contributed by atoms with Gasteiger partial charge in [0.05, 0.1) is 29.1 Å². The number of aryl methyl sites for hydroxylation is 1. The van der Waals surface area contributed by atoms with E-state index in [2.05, 4.69) is 16.0 Å². The van der Waals surface area contributed by atoms with Crippen LogP contribution >= 0.6 is 0 Å². The van der Waals surface area contributed by atoms with Crippen LogP contribution in [0.5, 0.6) is 0 Å². The first-order valence-corrected chi connectivity index (χ1v) is 18.4. The average molecular weight is 693 g/mol. The highest BCUT2D eigenvalue weighted by Gasteiger charge is 2.46. The highest BCUT2D eigenvalue weighted by Crippen LogP contribution is 2.23. The van der Waals surface area contributed by atoms with E-state index < -0.39 is 80.5 Å². The lowest BCUT2D eigenvalue weighted by Crippen LogP contribution is -2.53. The summed E-state index contributed by atoms with van der Waals surface area (Å²) in [6.07, 6.45) is 1.39. The summed E-state index contributed by atoms with van der Waals surface area (Å²) in [6, 6.07) is 8.93. The Hall–Kier alpha value is -3.42. The summed E-state index contributed by atoms with van der Waals surface area (Å²) in [5.41, 5.74) is 1.04. The normalized spacial score (nSPS) is 16.6. The minimum absolute atomic E-state index is 0.0155. The number of amides is 4. The van der Waals surface area contributed by atoms with Crippen LogP contribution < -0.4 is 16.0 Å². The summed E-state index contributed by atoms with van der Waals surface area (Å²) in [6.45, 7) is 8.67. The van der Waals surface area contributed by atoms with Crippen molar-refractivity contribution in [2.45, 2.75) is 103 Å². The zero-order valence-electron chi connectivity index (χ0n) is 28.5. The molecule has 0 radical (unpaired) electrons. The van der Waals surface area contributed by atoms with E-state index in [0.29, 0.717) is 38.3 Å². The number of carbonyl (C=O) groups is 3. The molecule has 48 heavy (non-hydrogen) atoms. The number of rotatable bonds is 19. The molecule has 0 spiro atoms. The van der Waals surface area contributed by atoms with Crippen LogP contribution in [-0.2, 0) is 38.8 Å². The molecule has 0 bridgehead atoms. The number of imide groups is 1. The predicted octanol–water partition coefficient (Wildman–Crippen LogP) is 4.04. The zero-order valence-corrected chi connectivity index (χ0v) is 29.3. The van der Waals surface area contributed by atoms with E-state index in [1.54, 1.807) is 0 Å². The third-order valence-corrected chi connectivity index (χ3v) is 11.0. The largest absolute Gasteiger partial charge is 0.390 e. The van der Waals surface area contributed by atoms with E-state index in [1.807, 2.05) is 45.0 Å². The van der Waals surface area contributed by atoms with Crippen LogP contribution in [0.1, 0.15) is 77.0 Å². The summed E-state index contributed by atoms with van der Waals surface area (Å²) in [7, 11) is -3.88. The quantitative estimate of drug-likeness (QED) is 0.163. The van der Waals surface area contributed by atoms with E-state index in [-0.39, 0.29) is 18.5 Å². The third-order valence-electron chi connectivity index (χ3n) is 8.63. The van der Waals surface area contributed by atoms with Crippen molar-refractivity contribution in [3.63, 3.8) is 0 Å². The Kier molecular flexibility index (Phi) is 14.1. The zero-order chi connectivity index (χ0) is 35.6. The standard InChI is InChI=1S/C35H50F2N4O6S/c1-6-10-29(11-7-2)48(46,47)22-26(21-41-33(44)35(4,5)40-34(41)45)32(43)39-30(17-25-15-27(36)18-28(37)16-25)31(42)20-38-19-24-13-9-12-23(8-3)14-24/h9,12-16,18,26,29-31,38,42H,6-8,10-11,17,19-22H2,1-5H3,(H,39,43)(H,40,45). The number of aliphatic hydroxyl groups excluding tert-OH is 1. The molecule has 2 aromatic carbocycles. The fraction of sp³-hybridized carbons (Fsp3) is 0.571. The van der Waals surface area contributed by atoms with Crippen LogP contribution in [0, 0.1) is 17.6 Å². The number of nitrogens with one attached hydrogen (secondary N) is 3. The van der Waals surface area contributed by atoms with Gasteiger partial charge in [0, 0.05) is 25.7 Å². The fourth-order valence-electron chi connectivity index (χ4n) is 6.01. The highest BCUT2D eigenvalue weighted by molar-refractivity contribution is 7.92. The predicted molar refractivity (Wildman–Crippen MR) is 181 cm³/mol. The lowest BCUT2D eigenvalue weighted by Gasteiger charge is -2.29. The summed E-state index contributed by atoms with van der Waals surface area (Å²) >= 11 is 0. The van der Waals surface area contributed by atoms with Crippen molar-refractivity contribution in [3.05, 3.63) is 70.8 Å². The summed E-state index contributed by atoms with van der Waals surface area (Å²) in [5, 5.41) is 19.0. The van der Waals surface area contributed by atoms with Gasteiger partial charge in [-0.2, -0.15) is 0 Å². The lowest BCUT2D eigenvalue weighted by molar-refractivity contribution is -0.132. The molecule has 1 aliphatic heterocycles. The van der Waals surface area contributed by atoms with E-state index in [9.17, 15) is 36.7 Å². The SMILES string of the molecule is CCCC(CCC)S(=O)(=O)CC(CN1C(=O)NC(C)(C)C1=O)C(=O)NC(Cc1cc(F)cc(F)c1)C(O)CNCc1cccc(CC)c1. The first kappa shape index (κ1) is 39.0. The number of benzene rings is 2. The second-order valence-electron chi connectivity index (χ2n) is 13.2. The molecule has 1 saturated heterocycles. The van der Waals surface area contributed by atoms with Gasteiger partial charge in [0.2, 0.25) is 5.91 Å². The van der Waals surface area contributed by atoms with Crippen molar-refractivity contribution in [3.8, 4) is 0 Å². The molecule has 3 unspecified atom stereocenters. The number of hydrogen-bond donors (Lipinski definition) is 4. The maximum absolute atomic E-state index is 14.1. The van der Waals surface area contributed by atoms with Crippen molar-refractivity contribution in [1.82, 2.24) is 20.9 Å². The van der Waals surface area contributed by atoms with Gasteiger partial charge in [0.25, 0.3) is 5.91 Å². The minimum Gasteiger partial charge on any atom is -0.390 e. The van der Waals surface area contributed by atoms with Crippen molar-refractivity contribution < 1.29 is 36.7 Å². The van der Waals surface area contributed by atoms with Crippen LogP contribution in [0.2, 0.25) is 0 Å². The molecule has 10 nitrogen and oxygen atoms in total. The van der Waals surface area contributed by atoms with Gasteiger partial charge in [0.15, 0.2) is 9.84 Å². The first-order chi connectivity index (χ1) is 22.6. The molecule has 13 heteroatoms. The van der Waals surface area contributed by atoms with Crippen LogP contribution in [0.3, 0.4) is 0 Å². The molecule has 266 valence electrons. The number of halogens is 2. The Morgan fingerprint density at radius 1 is 0.979 bits per heavy atom. The van der Waals surface area contributed by atoms with Gasteiger partial charge in [-0.3, -0.25) is 14.5 Å². The van der Waals surface area contributed by atoms with Gasteiger partial charge < -0.3 is 21.1 Å². The lowest BCUT2D eigenvalue weighted by atomic mass is 9.99. The minimum atomic E-state index is -3.88. The monoisotopic (exact) mass is 692 g/mol. The second-order valence-corrected chi connectivity index (χ2v) is 15.5. The molecule has 0 aliphatic carbocycles. The van der Waals surface area contributed by atoms with E-state index in [0.717, 1.165) is 34.6 Å². The van der Waals surface area contributed by atoms with Crippen LogP contribution in [0.15, 0.2) is 42.5 Å². The Morgan fingerprint density at radius 3 is 2.17 bits per heavy atom. The maximum atomic E-state index is 14.1. The molecule has 2 aromatic rings. The van der Waals surface area contributed by atoms with Crippen molar-refractivity contribution in [2.24, 2.45) is 5.92 Å². The maximum Gasteiger partial charge on any atom is 0.325 e. The summed E-state index contributed by atoms with van der Waals surface area (Å²) < 4.78 is 55.6. The molecule has 1 aliphatic rings. The van der Waals surface area contributed by atoms with Crippen LogP contribution in [-0.4, -0.2) is 78.0 Å². The topological polar surface area (TPSA) is 145 Å². The second kappa shape index (κ2) is 17.3. The smallest absolute Gasteiger partial charge is 0.325 e. The van der Waals surface area contributed by atoms with Crippen LogP contribution in [0.25, 0.3) is 0 Å². The number of nitrogens with zero attached hydrogens (tertiary/aromatic N) is 1. The number of sulfone groups is 1. The van der Waals surface area contributed by atoms with Gasteiger partial charge >= 0.3 is 6.03 Å². The molecule has 3 atom stereocenters. The van der Waals surface area contributed by atoms with Crippen molar-refractivity contribution >= 4 is 27.7 Å². The van der Waals surface area contributed by atoms with E-state index in [4.69, 9.17) is 0 Å². The fourth-order valence-corrected chi connectivity index (χ4v) is 8.29. The molecule has 4 amide bonds. The highest BCUT2D eigenvalue weighted by atomic mass is 32.2. The molecule has 1 heterocycles. The van der Waals surface area contributed by atoms with E-state index in [1.165, 1.54) is 13.8 Å². The summed E-state index contributed by atoms with van der Waals surface area (Å²) in [4.78, 5) is 40.7. The van der Waals surface area contributed by atoms with Gasteiger partial charge in [-0.1, -0.05) is 57.9 Å². The Bertz CT molecular complexity index is 1510. The molecule has 0 saturated carbocycles. The van der Waals surface area contributed by atoms with Gasteiger partial charge in [-0.05, 0) is 68.4 Å². The third kappa shape index (κ3) is 10.8. The molecule has 1 fully saturated rings. The number of carbonyl (C=O) groups excluding carboxylic acids is 3. The number of aliphatic hydroxyl groups is 1. The molecular formula is C35H50F2N4O6S. The van der Waals surface area contributed by atoms with Crippen molar-refractivity contribution in [2.75, 3.05) is 18.8 Å². The first-order valence-electron chi connectivity index (χ1n) is 16.7. The number of urea groups is 1. The molecule has 3 rings (SSSR count). The molecule has 4 N–H and O–H groups in total. The number of hydrogen-bond acceptors (Lipinski definition) is 7. The van der Waals surface area contributed by atoms with Crippen molar-refractivity contribution in [1.29, 1.82) is 0 Å². The summed E-state index contributed by atoms with van der Waals surface area (Å²) in [5.74, 6) is -5.09. The molecule has 0 aromatic heterocycles. The van der Waals surface area contributed by atoms with E-state index >= 15 is 0 Å². The van der Waals surface area contributed by atoms with Gasteiger partial charge in [-0.25, -0.2) is 22.0 Å².